The van der Waals surface area contributed by atoms with Crippen LogP contribution < -0.4 is 5.73 Å². The number of hydrogen-bond donors (Lipinski definition) is 4. The topological polar surface area (TPSA) is 172 Å². The summed E-state index contributed by atoms with van der Waals surface area (Å²) in [4.78, 5) is 47.4. The number of hydrogen-bond acceptors (Lipinski definition) is 10. The number of rotatable bonds is 10. The molecule has 6 atom stereocenters. The summed E-state index contributed by atoms with van der Waals surface area (Å²) >= 11 is 0. The molecule has 10 heteroatoms. The molecular weight excluding hydrogens is 695 g/mol. The second-order valence-electron chi connectivity index (χ2n) is 14.8. The average Bonchev–Trinajstić information content (AvgIpc) is 3.40. The third-order valence-corrected chi connectivity index (χ3v) is 9.39. The van der Waals surface area contributed by atoms with E-state index in [1.165, 1.54) is 13.2 Å². The van der Waals surface area contributed by atoms with Crippen LogP contribution in [0.4, 0.5) is 0 Å². The molecule has 0 aromatic heterocycles. The van der Waals surface area contributed by atoms with E-state index in [-0.39, 0.29) is 29.8 Å². The van der Waals surface area contributed by atoms with E-state index in [9.17, 15) is 29.7 Å². The molecule has 0 radical (unpaired) electrons. The standard InChI is InChI=1S/C29H35NO6.C16H14N2O/c1-29(2,3)15-14-22(31)26(34)27(35)28(36-4)24(33)17-21-23(32)16-19-12-8-9-13-20(19)25(30-21)18-10-6-5-7-11-18;17-16-14(19)10-12-8-4-5-9-13(12)15(18-16)11-6-2-1-3-7-11/h5-15,21-22,26-28,31,34-35H,16-17H2,1-4H3;1-9,16H,10,17H2/b15-14+;/t21?,22-,26+,27-,28+;/m1./s1. The number of aliphatic imine (C=N–C) groups is 2. The zero-order chi connectivity index (χ0) is 39.7. The summed E-state index contributed by atoms with van der Waals surface area (Å²) in [6, 6.07) is 33.7. The number of methoxy groups -OCH3 is 1. The summed E-state index contributed by atoms with van der Waals surface area (Å²) in [5.74, 6) is -0.852. The summed E-state index contributed by atoms with van der Waals surface area (Å²) in [5, 5.41) is 31.4. The molecule has 4 aromatic carbocycles. The largest absolute Gasteiger partial charge is 0.387 e. The minimum Gasteiger partial charge on any atom is -0.387 e. The Kier molecular flexibility index (Phi) is 13.7. The molecule has 2 aliphatic heterocycles. The van der Waals surface area contributed by atoms with Crippen LogP contribution in [-0.2, 0) is 32.0 Å². The summed E-state index contributed by atoms with van der Waals surface area (Å²) < 4.78 is 5.22. The number of Topliss-reactive ketones (excluding diaryl/α,β-unsaturated/α-hetero) is 3. The van der Waals surface area contributed by atoms with Crippen LogP contribution in [0.1, 0.15) is 60.6 Å². The van der Waals surface area contributed by atoms with E-state index in [0.29, 0.717) is 12.1 Å². The molecule has 0 fully saturated rings. The minimum atomic E-state index is -1.70. The molecule has 2 heterocycles. The molecule has 286 valence electrons. The normalized spacial score (nSPS) is 19.3. The van der Waals surface area contributed by atoms with Crippen LogP contribution in [0.5, 0.6) is 0 Å². The Morgan fingerprint density at radius 1 is 0.745 bits per heavy atom. The van der Waals surface area contributed by atoms with Crippen molar-refractivity contribution < 1.29 is 34.4 Å². The van der Waals surface area contributed by atoms with Gasteiger partial charge in [-0.2, -0.15) is 0 Å². The highest BCUT2D eigenvalue weighted by molar-refractivity contribution is 6.17. The van der Waals surface area contributed by atoms with Gasteiger partial charge in [0, 0.05) is 48.6 Å². The molecule has 5 N–H and O–H groups in total. The molecule has 0 spiro atoms. The van der Waals surface area contributed by atoms with Crippen molar-refractivity contribution in [3.05, 3.63) is 155 Å². The maximum Gasteiger partial charge on any atom is 0.175 e. The lowest BCUT2D eigenvalue weighted by atomic mass is 9.92. The molecule has 0 saturated heterocycles. The maximum atomic E-state index is 13.2. The number of carbonyl (C=O) groups is 3. The van der Waals surface area contributed by atoms with Gasteiger partial charge in [-0.25, -0.2) is 0 Å². The van der Waals surface area contributed by atoms with Crippen LogP contribution in [0.25, 0.3) is 0 Å². The van der Waals surface area contributed by atoms with Gasteiger partial charge in [0.05, 0.1) is 11.4 Å². The van der Waals surface area contributed by atoms with E-state index in [0.717, 1.165) is 39.1 Å². The predicted octanol–water partition coefficient (Wildman–Crippen LogP) is 4.61. The first kappa shape index (κ1) is 40.9. The minimum absolute atomic E-state index is 0.0432. The summed E-state index contributed by atoms with van der Waals surface area (Å²) in [6.45, 7) is 5.77. The Bertz CT molecular complexity index is 2050. The number of aliphatic hydroxyl groups excluding tert-OH is 3. The van der Waals surface area contributed by atoms with Crippen molar-refractivity contribution in [2.75, 3.05) is 7.11 Å². The quantitative estimate of drug-likeness (QED) is 0.171. The lowest BCUT2D eigenvalue weighted by molar-refractivity contribution is -0.148. The number of carbonyl (C=O) groups excluding carboxylic acids is 3. The van der Waals surface area contributed by atoms with E-state index in [1.807, 2.05) is 130 Å². The average molecular weight is 744 g/mol. The van der Waals surface area contributed by atoms with E-state index < -0.39 is 42.4 Å². The van der Waals surface area contributed by atoms with Crippen molar-refractivity contribution in [1.29, 1.82) is 0 Å². The Labute approximate surface area is 322 Å². The number of benzene rings is 4. The predicted molar refractivity (Wildman–Crippen MR) is 213 cm³/mol. The second kappa shape index (κ2) is 18.4. The molecule has 2 unspecified atom stereocenters. The third kappa shape index (κ3) is 10.5. The fourth-order valence-electron chi connectivity index (χ4n) is 6.45. The fourth-order valence-corrected chi connectivity index (χ4v) is 6.45. The third-order valence-electron chi connectivity index (χ3n) is 9.39. The Hall–Kier alpha value is -5.23. The van der Waals surface area contributed by atoms with Crippen LogP contribution >= 0.6 is 0 Å². The number of aliphatic hydroxyl groups is 3. The van der Waals surface area contributed by atoms with E-state index in [4.69, 9.17) is 15.5 Å². The summed E-state index contributed by atoms with van der Waals surface area (Å²) in [6.07, 6.45) is -3.72. The van der Waals surface area contributed by atoms with E-state index in [1.54, 1.807) is 6.08 Å². The SMILES string of the molecule is CO[C@@H](C(=O)CC1N=C(c2ccccc2)c2ccccc2CC1=O)[C@H](O)[C@@H](O)[C@H](O)/C=C/C(C)(C)C.NC1N=C(c2ccccc2)c2ccccc2CC1=O. The molecule has 0 bridgehead atoms. The molecule has 0 aliphatic carbocycles. The van der Waals surface area contributed by atoms with Crippen molar-refractivity contribution >= 4 is 28.8 Å². The molecule has 10 nitrogen and oxygen atoms in total. The van der Waals surface area contributed by atoms with Gasteiger partial charge in [-0.15, -0.1) is 0 Å². The molecule has 0 amide bonds. The highest BCUT2D eigenvalue weighted by atomic mass is 16.5. The number of fused-ring (bicyclic) bond motifs is 2. The highest BCUT2D eigenvalue weighted by Gasteiger charge is 2.37. The number of nitrogens with zero attached hydrogens (tertiary/aromatic N) is 2. The molecule has 6 rings (SSSR count). The lowest BCUT2D eigenvalue weighted by Crippen LogP contribution is -2.48. The van der Waals surface area contributed by atoms with E-state index in [2.05, 4.69) is 4.99 Å². The van der Waals surface area contributed by atoms with Crippen molar-refractivity contribution in [2.45, 2.75) is 76.7 Å². The van der Waals surface area contributed by atoms with Crippen molar-refractivity contribution in [1.82, 2.24) is 0 Å². The fraction of sp³-hybridized carbons (Fsp3) is 0.311. The van der Waals surface area contributed by atoms with Crippen molar-refractivity contribution in [2.24, 2.45) is 21.1 Å². The Morgan fingerprint density at radius 3 is 1.73 bits per heavy atom. The zero-order valence-electron chi connectivity index (χ0n) is 31.6. The van der Waals surface area contributed by atoms with Crippen LogP contribution in [0.15, 0.2) is 131 Å². The van der Waals surface area contributed by atoms with Gasteiger partial charge >= 0.3 is 0 Å². The maximum absolute atomic E-state index is 13.2. The first-order chi connectivity index (χ1) is 26.3. The van der Waals surface area contributed by atoms with Gasteiger partial charge in [0.1, 0.15) is 30.5 Å². The number of nitrogens with two attached hydrogens (primary N) is 1. The molecular formula is C45H49N3O7. The molecule has 0 saturated carbocycles. The van der Waals surface area contributed by atoms with Crippen molar-refractivity contribution in [3.63, 3.8) is 0 Å². The van der Waals surface area contributed by atoms with Gasteiger partial charge < -0.3 is 25.8 Å². The monoisotopic (exact) mass is 743 g/mol. The summed E-state index contributed by atoms with van der Waals surface area (Å²) in [5.41, 5.74) is 12.5. The zero-order valence-corrected chi connectivity index (χ0v) is 31.6. The van der Waals surface area contributed by atoms with Gasteiger partial charge in [-0.3, -0.25) is 24.4 Å². The van der Waals surface area contributed by atoms with E-state index >= 15 is 0 Å². The van der Waals surface area contributed by atoms with Crippen LogP contribution in [0, 0.1) is 5.41 Å². The van der Waals surface area contributed by atoms with Crippen LogP contribution in [-0.4, -0.2) is 87.8 Å². The first-order valence-corrected chi connectivity index (χ1v) is 18.3. The second-order valence-corrected chi connectivity index (χ2v) is 14.8. The Balaban J connectivity index is 0.000000254. The van der Waals surface area contributed by atoms with Gasteiger partial charge in [-0.05, 0) is 16.5 Å². The Morgan fingerprint density at radius 2 is 1.22 bits per heavy atom. The van der Waals surface area contributed by atoms with Gasteiger partial charge in [0.15, 0.2) is 23.5 Å². The smallest absolute Gasteiger partial charge is 0.175 e. The van der Waals surface area contributed by atoms with Crippen LogP contribution in [0.2, 0.25) is 0 Å². The summed E-state index contributed by atoms with van der Waals surface area (Å²) in [7, 11) is 1.24. The van der Waals surface area contributed by atoms with Crippen LogP contribution in [0.3, 0.4) is 0 Å². The van der Waals surface area contributed by atoms with Gasteiger partial charge in [0.2, 0.25) is 0 Å². The van der Waals surface area contributed by atoms with Gasteiger partial charge in [-0.1, -0.05) is 142 Å². The highest BCUT2D eigenvalue weighted by Crippen LogP contribution is 2.25. The molecule has 55 heavy (non-hydrogen) atoms. The molecule has 2 aliphatic rings. The first-order valence-electron chi connectivity index (χ1n) is 18.3. The number of allylic oxidation sites excluding steroid dienone is 1. The molecule has 4 aromatic rings. The van der Waals surface area contributed by atoms with Gasteiger partial charge in [0.25, 0.3) is 0 Å². The van der Waals surface area contributed by atoms with Crippen molar-refractivity contribution in [3.8, 4) is 0 Å². The lowest BCUT2D eigenvalue weighted by Gasteiger charge is -2.27. The number of ketones is 3. The number of ether oxygens (including phenoxy) is 1.